The fourth-order valence-corrected chi connectivity index (χ4v) is 7.42. The minimum atomic E-state index is -1.17. The molecule has 2 N–H and O–H groups in total. The number of morpholine rings is 1. The van der Waals surface area contributed by atoms with Gasteiger partial charge in [-0.1, -0.05) is 54.6 Å². The van der Waals surface area contributed by atoms with Gasteiger partial charge in [0.15, 0.2) is 0 Å². The molecular formula is C29H36Cl2N4O5. The van der Waals surface area contributed by atoms with Gasteiger partial charge in [0.25, 0.3) is 0 Å². The number of benzene rings is 1. The maximum absolute atomic E-state index is 14.1. The third-order valence-electron chi connectivity index (χ3n) is 9.04. The van der Waals surface area contributed by atoms with Crippen LogP contribution in [-0.2, 0) is 23.9 Å². The summed E-state index contributed by atoms with van der Waals surface area (Å²) in [6.45, 7) is 4.35. The van der Waals surface area contributed by atoms with Crippen LogP contribution in [0.1, 0.15) is 38.5 Å². The number of amides is 3. The van der Waals surface area contributed by atoms with Crippen LogP contribution >= 0.6 is 23.2 Å². The van der Waals surface area contributed by atoms with Crippen molar-refractivity contribution in [1.82, 2.24) is 15.1 Å². The van der Waals surface area contributed by atoms with Gasteiger partial charge in [0.2, 0.25) is 17.7 Å². The molecule has 1 aliphatic carbocycles. The van der Waals surface area contributed by atoms with E-state index in [9.17, 15) is 14.4 Å². The molecule has 4 fully saturated rings. The average molecular weight is 592 g/mol. The lowest BCUT2D eigenvalue weighted by molar-refractivity contribution is -0.141. The Morgan fingerprint density at radius 2 is 1.80 bits per heavy atom. The summed E-state index contributed by atoms with van der Waals surface area (Å²) in [4.78, 5) is 45.6. The van der Waals surface area contributed by atoms with Crippen molar-refractivity contribution >= 4 is 46.6 Å². The van der Waals surface area contributed by atoms with Gasteiger partial charge in [-0.3, -0.25) is 19.3 Å². The van der Waals surface area contributed by atoms with Crippen LogP contribution in [-0.4, -0.2) is 90.7 Å². The molecule has 1 saturated carbocycles. The Labute approximate surface area is 244 Å². The number of hydrogen-bond donors (Lipinski definition) is 2. The minimum Gasteiger partial charge on any atom is -0.379 e. The maximum Gasteiger partial charge on any atom is 0.246 e. The highest BCUT2D eigenvalue weighted by Gasteiger charge is 2.72. The van der Waals surface area contributed by atoms with Crippen molar-refractivity contribution in [1.29, 1.82) is 0 Å². The molecule has 6 rings (SSSR count). The van der Waals surface area contributed by atoms with Crippen LogP contribution in [0.3, 0.4) is 0 Å². The molecule has 3 saturated heterocycles. The molecule has 0 radical (unpaired) electrons. The van der Waals surface area contributed by atoms with Gasteiger partial charge in [0, 0.05) is 37.9 Å². The second kappa shape index (κ2) is 11.6. The van der Waals surface area contributed by atoms with E-state index < -0.39 is 29.6 Å². The Bertz CT molecular complexity index is 1180. The fourth-order valence-electron chi connectivity index (χ4n) is 7.12. The molecule has 0 unspecified atom stereocenters. The first-order valence-corrected chi connectivity index (χ1v) is 15.2. The third-order valence-corrected chi connectivity index (χ3v) is 9.78. The largest absolute Gasteiger partial charge is 0.379 e. The normalized spacial score (nSPS) is 31.9. The SMILES string of the molecule is O=C(Nc1ccc(Cl)c(Cl)c1)[C@@H]1[C@@H]2C=C[C@]3(O2)[C@@H]1C(=O)N(CCCN1CCOCC1)[C@@H]3C(=O)NC1CCCCC1. The van der Waals surface area contributed by atoms with E-state index in [1.807, 2.05) is 12.2 Å². The van der Waals surface area contributed by atoms with Gasteiger partial charge in [-0.25, -0.2) is 0 Å². The van der Waals surface area contributed by atoms with Gasteiger partial charge in [-0.2, -0.15) is 0 Å². The first-order valence-electron chi connectivity index (χ1n) is 14.4. The smallest absolute Gasteiger partial charge is 0.246 e. The highest BCUT2D eigenvalue weighted by molar-refractivity contribution is 6.42. The van der Waals surface area contributed by atoms with Gasteiger partial charge in [-0.05, 0) is 37.5 Å². The predicted molar refractivity (Wildman–Crippen MR) is 151 cm³/mol. The molecule has 11 heteroatoms. The summed E-state index contributed by atoms with van der Waals surface area (Å²) in [6.07, 6.45) is 9.05. The van der Waals surface area contributed by atoms with Gasteiger partial charge in [0.05, 0.1) is 41.2 Å². The minimum absolute atomic E-state index is 0.0957. The lowest BCUT2D eigenvalue weighted by Gasteiger charge is -2.34. The van der Waals surface area contributed by atoms with Crippen molar-refractivity contribution in [2.24, 2.45) is 11.8 Å². The van der Waals surface area contributed by atoms with Crippen LogP contribution in [0.5, 0.6) is 0 Å². The molecule has 5 atom stereocenters. The number of rotatable bonds is 8. The lowest BCUT2D eigenvalue weighted by Crippen LogP contribution is -2.56. The number of nitrogens with zero attached hydrogens (tertiary/aromatic N) is 2. The topological polar surface area (TPSA) is 100 Å². The Kier molecular flexibility index (Phi) is 8.12. The zero-order valence-corrected chi connectivity index (χ0v) is 24.0. The molecule has 40 heavy (non-hydrogen) atoms. The van der Waals surface area contributed by atoms with E-state index in [-0.39, 0.29) is 23.8 Å². The van der Waals surface area contributed by atoms with Crippen molar-refractivity contribution in [2.45, 2.75) is 62.3 Å². The number of carbonyl (C=O) groups excluding carboxylic acids is 3. The molecule has 216 valence electrons. The number of halogens is 2. The van der Waals surface area contributed by atoms with E-state index in [2.05, 4.69) is 15.5 Å². The standard InChI is InChI=1S/C29H36Cl2N4O5/c30-20-8-7-19(17-21(20)31)33-26(36)23-22-9-10-29(40-22)24(23)28(38)35(12-4-11-34-13-15-39-16-14-34)25(29)27(37)32-18-5-2-1-3-6-18/h7-10,17-18,22-25H,1-6,11-16H2,(H,32,37)(H,33,36)/t22-,23+,24-,25+,29-/m0/s1. The van der Waals surface area contributed by atoms with Gasteiger partial charge in [0.1, 0.15) is 11.6 Å². The zero-order valence-electron chi connectivity index (χ0n) is 22.5. The van der Waals surface area contributed by atoms with Gasteiger partial charge in [-0.15, -0.1) is 0 Å². The molecule has 1 aromatic carbocycles. The Morgan fingerprint density at radius 1 is 1.02 bits per heavy atom. The highest BCUT2D eigenvalue weighted by Crippen LogP contribution is 2.55. The van der Waals surface area contributed by atoms with Gasteiger partial charge >= 0.3 is 0 Å². The quantitative estimate of drug-likeness (QED) is 0.451. The van der Waals surface area contributed by atoms with E-state index in [4.69, 9.17) is 32.7 Å². The number of anilines is 1. The summed E-state index contributed by atoms with van der Waals surface area (Å²) in [6, 6.07) is 4.14. The number of nitrogens with one attached hydrogen (secondary N) is 2. The number of carbonyl (C=O) groups is 3. The van der Waals surface area contributed by atoms with Crippen LogP contribution in [0, 0.1) is 11.8 Å². The third kappa shape index (κ3) is 5.15. The van der Waals surface area contributed by atoms with Crippen molar-refractivity contribution in [2.75, 3.05) is 44.7 Å². The summed E-state index contributed by atoms with van der Waals surface area (Å²) in [5.41, 5.74) is -0.682. The van der Waals surface area contributed by atoms with Crippen LogP contribution < -0.4 is 10.6 Å². The monoisotopic (exact) mass is 590 g/mol. The van der Waals surface area contributed by atoms with Crippen molar-refractivity contribution < 1.29 is 23.9 Å². The van der Waals surface area contributed by atoms with E-state index in [0.717, 1.165) is 51.7 Å². The molecule has 9 nitrogen and oxygen atoms in total. The Hall–Kier alpha value is -2.17. The molecule has 4 heterocycles. The van der Waals surface area contributed by atoms with Crippen molar-refractivity contribution in [3.8, 4) is 0 Å². The fraction of sp³-hybridized carbons (Fsp3) is 0.621. The number of likely N-dealkylation sites (tertiary alicyclic amines) is 1. The van der Waals surface area contributed by atoms with Crippen LogP contribution in [0.4, 0.5) is 5.69 Å². The second-order valence-corrected chi connectivity index (χ2v) is 12.3. The summed E-state index contributed by atoms with van der Waals surface area (Å²) in [5, 5.41) is 6.83. The molecular weight excluding hydrogens is 555 g/mol. The number of hydrogen-bond acceptors (Lipinski definition) is 6. The van der Waals surface area contributed by atoms with Crippen molar-refractivity contribution in [3.63, 3.8) is 0 Å². The summed E-state index contributed by atoms with van der Waals surface area (Å²) in [7, 11) is 0. The van der Waals surface area contributed by atoms with Crippen LogP contribution in [0.15, 0.2) is 30.4 Å². The van der Waals surface area contributed by atoms with Crippen LogP contribution in [0.2, 0.25) is 10.0 Å². The highest BCUT2D eigenvalue weighted by atomic mass is 35.5. The second-order valence-electron chi connectivity index (χ2n) is 11.5. The number of ether oxygens (including phenoxy) is 2. The average Bonchev–Trinajstić information content (AvgIpc) is 3.59. The molecule has 1 spiro atoms. The van der Waals surface area contributed by atoms with Crippen molar-refractivity contribution in [3.05, 3.63) is 40.4 Å². The summed E-state index contributed by atoms with van der Waals surface area (Å²) >= 11 is 12.2. The molecule has 2 bridgehead atoms. The van der Waals surface area contributed by atoms with E-state index in [0.29, 0.717) is 35.5 Å². The van der Waals surface area contributed by atoms with E-state index in [1.165, 1.54) is 6.42 Å². The summed E-state index contributed by atoms with van der Waals surface area (Å²) < 4.78 is 11.9. The van der Waals surface area contributed by atoms with Gasteiger partial charge < -0.3 is 25.0 Å². The Balaban J connectivity index is 1.24. The molecule has 5 aliphatic rings. The summed E-state index contributed by atoms with van der Waals surface area (Å²) in [5.74, 6) is -2.27. The lowest BCUT2D eigenvalue weighted by atomic mass is 9.74. The molecule has 3 amide bonds. The molecule has 0 aromatic heterocycles. The number of fused-ring (bicyclic) bond motifs is 1. The predicted octanol–water partition coefficient (Wildman–Crippen LogP) is 3.25. The first-order chi connectivity index (χ1) is 19.4. The van der Waals surface area contributed by atoms with E-state index in [1.54, 1.807) is 23.1 Å². The van der Waals surface area contributed by atoms with Crippen LogP contribution in [0.25, 0.3) is 0 Å². The molecule has 1 aromatic rings. The van der Waals surface area contributed by atoms with E-state index >= 15 is 0 Å². The Morgan fingerprint density at radius 3 is 2.55 bits per heavy atom. The first kappa shape index (κ1) is 28.0. The molecule has 4 aliphatic heterocycles. The zero-order chi connectivity index (χ0) is 27.9. The maximum atomic E-state index is 14.1.